The third kappa shape index (κ3) is 3.96. The molecule has 0 fully saturated rings. The van der Waals surface area contributed by atoms with Gasteiger partial charge in [0.25, 0.3) is 0 Å². The zero-order valence-corrected chi connectivity index (χ0v) is 12.4. The molecule has 1 aromatic carbocycles. The number of nitrogens with zero attached hydrogens (tertiary/aromatic N) is 1. The highest BCUT2D eigenvalue weighted by Crippen LogP contribution is 2.34. The Kier molecular flexibility index (Phi) is 4.99. The highest BCUT2D eigenvalue weighted by molar-refractivity contribution is 8.00. The molecule has 0 unspecified atom stereocenters. The second-order valence-corrected chi connectivity index (χ2v) is 6.04. The minimum absolute atomic E-state index is 0.0642. The predicted molar refractivity (Wildman–Crippen MR) is 81.8 cm³/mol. The SMILES string of the molecule is O=C(CSc1ccsc1[N+](=O)[O-])Nc1ccc(Cl)cc1. The van der Waals surface area contributed by atoms with Crippen molar-refractivity contribution in [1.29, 1.82) is 0 Å². The van der Waals surface area contributed by atoms with Gasteiger partial charge in [0, 0.05) is 10.7 Å². The van der Waals surface area contributed by atoms with E-state index in [0.29, 0.717) is 15.6 Å². The number of hydrogen-bond donors (Lipinski definition) is 1. The molecule has 0 bridgehead atoms. The summed E-state index contributed by atoms with van der Waals surface area (Å²) in [4.78, 5) is 22.5. The third-order valence-corrected chi connectivity index (χ3v) is 4.55. The van der Waals surface area contributed by atoms with Gasteiger partial charge in [-0.3, -0.25) is 14.9 Å². The van der Waals surface area contributed by atoms with Gasteiger partial charge in [0.1, 0.15) is 0 Å². The molecule has 2 rings (SSSR count). The molecule has 1 aromatic heterocycles. The second-order valence-electron chi connectivity index (χ2n) is 3.69. The zero-order valence-electron chi connectivity index (χ0n) is 10.0. The molecule has 5 nitrogen and oxygen atoms in total. The quantitative estimate of drug-likeness (QED) is 0.510. The average Bonchev–Trinajstić information content (AvgIpc) is 2.88. The standard InChI is InChI=1S/C12H9ClN2O3S2/c13-8-1-3-9(4-2-8)14-11(16)7-20-10-5-6-19-12(10)15(17)18/h1-6H,7H2,(H,14,16). The van der Waals surface area contributed by atoms with Crippen LogP contribution in [0.25, 0.3) is 0 Å². The predicted octanol–water partition coefficient (Wildman–Crippen LogP) is 4.04. The Labute approximate surface area is 128 Å². The molecule has 1 heterocycles. The molecule has 8 heteroatoms. The summed E-state index contributed by atoms with van der Waals surface area (Å²) in [5.74, 6) is -0.113. The Bertz CT molecular complexity index is 628. The summed E-state index contributed by atoms with van der Waals surface area (Å²) in [6.07, 6.45) is 0. The molecule has 0 saturated carbocycles. The van der Waals surface area contributed by atoms with Gasteiger partial charge in [-0.1, -0.05) is 22.9 Å². The summed E-state index contributed by atoms with van der Waals surface area (Å²) in [5, 5.41) is 15.7. The molecule has 2 aromatic rings. The molecular formula is C12H9ClN2O3S2. The number of amides is 1. The van der Waals surface area contributed by atoms with Gasteiger partial charge in [0.2, 0.25) is 5.91 Å². The van der Waals surface area contributed by atoms with Gasteiger partial charge in [0.05, 0.1) is 15.6 Å². The summed E-state index contributed by atoms with van der Waals surface area (Å²) < 4.78 is 0. The van der Waals surface area contributed by atoms with Crippen LogP contribution < -0.4 is 5.32 Å². The number of nitrogens with one attached hydrogen (secondary N) is 1. The van der Waals surface area contributed by atoms with Gasteiger partial charge in [-0.25, -0.2) is 0 Å². The van der Waals surface area contributed by atoms with Crippen molar-refractivity contribution in [3.63, 3.8) is 0 Å². The van der Waals surface area contributed by atoms with Crippen LogP contribution in [0.5, 0.6) is 0 Å². The van der Waals surface area contributed by atoms with Crippen molar-refractivity contribution in [3.8, 4) is 0 Å². The van der Waals surface area contributed by atoms with Crippen LogP contribution >= 0.6 is 34.7 Å². The maximum Gasteiger partial charge on any atom is 0.337 e. The van der Waals surface area contributed by atoms with Crippen LogP contribution in [0.1, 0.15) is 0 Å². The molecule has 0 spiro atoms. The molecule has 0 aliphatic carbocycles. The lowest BCUT2D eigenvalue weighted by molar-refractivity contribution is -0.382. The summed E-state index contributed by atoms with van der Waals surface area (Å²) >= 11 is 7.94. The lowest BCUT2D eigenvalue weighted by atomic mass is 10.3. The summed E-state index contributed by atoms with van der Waals surface area (Å²) in [6, 6.07) is 8.38. The first-order valence-electron chi connectivity index (χ1n) is 5.46. The van der Waals surface area contributed by atoms with Gasteiger partial charge in [0.15, 0.2) is 0 Å². The molecule has 104 valence electrons. The van der Waals surface area contributed by atoms with E-state index in [2.05, 4.69) is 5.32 Å². The van der Waals surface area contributed by atoms with E-state index in [1.54, 1.807) is 35.7 Å². The molecular weight excluding hydrogens is 320 g/mol. The maximum atomic E-state index is 11.7. The van der Waals surface area contributed by atoms with Gasteiger partial charge < -0.3 is 5.32 Å². The number of rotatable bonds is 5. The number of anilines is 1. The average molecular weight is 329 g/mol. The fourth-order valence-electron chi connectivity index (χ4n) is 1.41. The molecule has 1 amide bonds. The lowest BCUT2D eigenvalue weighted by Gasteiger charge is -2.04. The fourth-order valence-corrected chi connectivity index (χ4v) is 3.26. The number of halogens is 1. The number of carbonyl (C=O) groups is 1. The fraction of sp³-hybridized carbons (Fsp3) is 0.0833. The second kappa shape index (κ2) is 6.74. The first kappa shape index (κ1) is 14.8. The maximum absolute atomic E-state index is 11.7. The minimum atomic E-state index is -0.440. The number of hydrogen-bond acceptors (Lipinski definition) is 5. The highest BCUT2D eigenvalue weighted by Gasteiger charge is 2.16. The number of benzene rings is 1. The van der Waals surface area contributed by atoms with Crippen LogP contribution in [-0.4, -0.2) is 16.6 Å². The van der Waals surface area contributed by atoms with E-state index in [-0.39, 0.29) is 16.7 Å². The van der Waals surface area contributed by atoms with E-state index in [9.17, 15) is 14.9 Å². The lowest BCUT2D eigenvalue weighted by Crippen LogP contribution is -2.13. The topological polar surface area (TPSA) is 72.2 Å². The highest BCUT2D eigenvalue weighted by atomic mass is 35.5. The molecule has 0 atom stereocenters. The summed E-state index contributed by atoms with van der Waals surface area (Å²) in [6.45, 7) is 0. The Morgan fingerprint density at radius 2 is 2.05 bits per heavy atom. The van der Waals surface area contributed by atoms with Gasteiger partial charge in [-0.2, -0.15) is 0 Å². The van der Waals surface area contributed by atoms with Gasteiger partial charge in [-0.15, -0.1) is 11.8 Å². The van der Waals surface area contributed by atoms with Crippen LogP contribution in [0.3, 0.4) is 0 Å². The zero-order chi connectivity index (χ0) is 14.5. The van der Waals surface area contributed by atoms with Crippen molar-refractivity contribution in [2.75, 3.05) is 11.1 Å². The Balaban J connectivity index is 1.90. The van der Waals surface area contributed by atoms with Gasteiger partial charge in [-0.05, 0) is 35.7 Å². The van der Waals surface area contributed by atoms with Crippen molar-refractivity contribution in [2.45, 2.75) is 4.90 Å². The van der Waals surface area contributed by atoms with Crippen LogP contribution in [0.15, 0.2) is 40.6 Å². The largest absolute Gasteiger partial charge is 0.337 e. The van der Waals surface area contributed by atoms with Crippen molar-refractivity contribution in [2.24, 2.45) is 0 Å². The van der Waals surface area contributed by atoms with Crippen molar-refractivity contribution < 1.29 is 9.72 Å². The van der Waals surface area contributed by atoms with E-state index < -0.39 is 4.92 Å². The number of thiophene rings is 1. The molecule has 1 N–H and O–H groups in total. The Morgan fingerprint density at radius 3 is 2.70 bits per heavy atom. The van der Waals surface area contributed by atoms with Crippen LogP contribution in [0.4, 0.5) is 10.7 Å². The third-order valence-electron chi connectivity index (χ3n) is 2.26. The normalized spacial score (nSPS) is 10.2. The number of thioether (sulfide) groups is 1. The first-order chi connectivity index (χ1) is 9.56. The smallest absolute Gasteiger partial charge is 0.325 e. The molecule has 0 aliphatic rings. The summed E-state index contributed by atoms with van der Waals surface area (Å²) in [5.41, 5.74) is 0.639. The minimum Gasteiger partial charge on any atom is -0.325 e. The monoisotopic (exact) mass is 328 g/mol. The first-order valence-corrected chi connectivity index (χ1v) is 7.70. The Morgan fingerprint density at radius 1 is 1.35 bits per heavy atom. The van der Waals surface area contributed by atoms with E-state index in [1.807, 2.05) is 0 Å². The molecule has 0 saturated heterocycles. The van der Waals surface area contributed by atoms with E-state index in [4.69, 9.17) is 11.6 Å². The molecule has 0 radical (unpaired) electrons. The Hall–Kier alpha value is -1.57. The van der Waals surface area contributed by atoms with Gasteiger partial charge >= 0.3 is 5.00 Å². The van der Waals surface area contributed by atoms with Crippen LogP contribution in [-0.2, 0) is 4.79 Å². The van der Waals surface area contributed by atoms with Crippen molar-refractivity contribution in [1.82, 2.24) is 0 Å². The van der Waals surface area contributed by atoms with Crippen molar-refractivity contribution in [3.05, 3.63) is 50.8 Å². The van der Waals surface area contributed by atoms with E-state index in [0.717, 1.165) is 23.1 Å². The van der Waals surface area contributed by atoms with E-state index >= 15 is 0 Å². The molecule has 20 heavy (non-hydrogen) atoms. The van der Waals surface area contributed by atoms with E-state index in [1.165, 1.54) is 0 Å². The van der Waals surface area contributed by atoms with Crippen LogP contribution in [0.2, 0.25) is 5.02 Å². The van der Waals surface area contributed by atoms with Crippen LogP contribution in [0, 0.1) is 10.1 Å². The number of nitro groups is 1. The molecule has 0 aliphatic heterocycles. The van der Waals surface area contributed by atoms with Crippen molar-refractivity contribution >= 4 is 51.3 Å². The summed E-state index contributed by atoms with van der Waals surface area (Å²) in [7, 11) is 0. The number of carbonyl (C=O) groups excluding carboxylic acids is 1.